The van der Waals surface area contributed by atoms with Crippen molar-refractivity contribution < 1.29 is 13.9 Å². The summed E-state index contributed by atoms with van der Waals surface area (Å²) < 4.78 is 27.4. The van der Waals surface area contributed by atoms with Crippen LogP contribution in [0, 0.1) is 12.7 Å². The average molecular weight is 435 g/mol. The molecule has 6 heteroatoms. The van der Waals surface area contributed by atoms with Crippen LogP contribution < -0.4 is 0 Å². The highest BCUT2D eigenvalue weighted by Gasteiger charge is 2.44. The largest absolute Gasteiger partial charge is 0.375 e. The molecule has 0 unspecified atom stereocenters. The highest BCUT2D eigenvalue weighted by Crippen LogP contribution is 2.38. The van der Waals surface area contributed by atoms with Gasteiger partial charge in [0.2, 0.25) is 0 Å². The third kappa shape index (κ3) is 4.57. The fourth-order valence-electron chi connectivity index (χ4n) is 2.81. The second-order valence-corrected chi connectivity index (χ2v) is 7.75. The Morgan fingerprint density at radius 2 is 2.00 bits per heavy atom. The minimum Gasteiger partial charge on any atom is -0.375 e. The van der Waals surface area contributed by atoms with E-state index in [1.54, 1.807) is 6.34 Å². The molecule has 0 bridgehead atoms. The summed E-state index contributed by atoms with van der Waals surface area (Å²) in [5, 5.41) is 0. The molecule has 0 saturated carbocycles. The maximum absolute atomic E-state index is 14.9. The summed E-state index contributed by atoms with van der Waals surface area (Å²) in [4.78, 5) is 6.33. The van der Waals surface area contributed by atoms with Gasteiger partial charge in [0, 0.05) is 29.7 Å². The SMILES string of the molecule is CCN(C)C=Nc1cc(F)c(C2(OCc3ccc(Br)cc3)COC2)cc1C. The van der Waals surface area contributed by atoms with E-state index in [-0.39, 0.29) is 5.82 Å². The van der Waals surface area contributed by atoms with Gasteiger partial charge < -0.3 is 14.4 Å². The molecule has 1 heterocycles. The minimum atomic E-state index is -0.746. The van der Waals surface area contributed by atoms with Gasteiger partial charge in [0.25, 0.3) is 0 Å². The van der Waals surface area contributed by atoms with E-state index in [4.69, 9.17) is 9.47 Å². The van der Waals surface area contributed by atoms with Crippen LogP contribution in [0.3, 0.4) is 0 Å². The number of aliphatic imine (C=N–C) groups is 1. The molecule has 0 atom stereocenters. The zero-order valence-corrected chi connectivity index (χ0v) is 17.4. The molecule has 1 saturated heterocycles. The van der Waals surface area contributed by atoms with Crippen LogP contribution in [0.25, 0.3) is 0 Å². The lowest BCUT2D eigenvalue weighted by atomic mass is 9.89. The lowest BCUT2D eigenvalue weighted by Gasteiger charge is -2.42. The summed E-state index contributed by atoms with van der Waals surface area (Å²) in [5.41, 5.74) is 2.35. The average Bonchev–Trinajstić information content (AvgIpc) is 2.63. The van der Waals surface area contributed by atoms with Gasteiger partial charge in [-0.1, -0.05) is 28.1 Å². The first-order valence-corrected chi connectivity index (χ1v) is 9.74. The molecule has 1 aliphatic rings. The molecule has 0 N–H and O–H groups in total. The Bertz CT molecular complexity index is 820. The molecule has 1 fully saturated rings. The van der Waals surface area contributed by atoms with Gasteiger partial charge in [-0.3, -0.25) is 0 Å². The van der Waals surface area contributed by atoms with E-state index >= 15 is 0 Å². The second-order valence-electron chi connectivity index (χ2n) is 6.84. The van der Waals surface area contributed by atoms with Crippen molar-refractivity contribution in [3.8, 4) is 0 Å². The van der Waals surface area contributed by atoms with Gasteiger partial charge >= 0.3 is 0 Å². The molecule has 144 valence electrons. The quantitative estimate of drug-likeness (QED) is 0.456. The Kier molecular flexibility index (Phi) is 6.29. The topological polar surface area (TPSA) is 34.1 Å². The molecule has 4 nitrogen and oxygen atoms in total. The van der Waals surface area contributed by atoms with Crippen LogP contribution >= 0.6 is 15.9 Å². The van der Waals surface area contributed by atoms with Gasteiger partial charge in [-0.25, -0.2) is 9.38 Å². The Morgan fingerprint density at radius 1 is 1.30 bits per heavy atom. The van der Waals surface area contributed by atoms with Crippen LogP contribution in [-0.4, -0.2) is 38.0 Å². The first kappa shape index (κ1) is 20.0. The molecule has 3 rings (SSSR count). The van der Waals surface area contributed by atoms with Gasteiger partial charge in [-0.15, -0.1) is 0 Å². The van der Waals surface area contributed by atoms with E-state index in [2.05, 4.69) is 20.9 Å². The van der Waals surface area contributed by atoms with Gasteiger partial charge in [0.05, 0.1) is 31.8 Å². The number of aryl methyl sites for hydroxylation is 1. The number of benzene rings is 2. The first-order valence-electron chi connectivity index (χ1n) is 8.95. The summed E-state index contributed by atoms with van der Waals surface area (Å²) in [6.07, 6.45) is 1.72. The number of hydrogen-bond acceptors (Lipinski definition) is 3. The van der Waals surface area contributed by atoms with Crippen molar-refractivity contribution in [3.05, 3.63) is 63.4 Å². The predicted molar refractivity (Wildman–Crippen MR) is 109 cm³/mol. The Balaban J connectivity index is 1.81. The normalized spacial score (nSPS) is 15.7. The summed E-state index contributed by atoms with van der Waals surface area (Å²) >= 11 is 3.42. The van der Waals surface area contributed by atoms with Crippen LogP contribution in [0.15, 0.2) is 45.9 Å². The van der Waals surface area contributed by atoms with Crippen LogP contribution in [0.5, 0.6) is 0 Å². The van der Waals surface area contributed by atoms with Crippen LogP contribution in [0.4, 0.5) is 10.1 Å². The monoisotopic (exact) mass is 434 g/mol. The fraction of sp³-hybridized carbons (Fsp3) is 0.381. The Hall–Kier alpha value is -1.76. The van der Waals surface area contributed by atoms with Crippen molar-refractivity contribution >= 4 is 28.0 Å². The van der Waals surface area contributed by atoms with Crippen molar-refractivity contribution in [1.29, 1.82) is 0 Å². The first-order chi connectivity index (χ1) is 12.9. The number of halogens is 2. The smallest absolute Gasteiger partial charge is 0.143 e. The van der Waals surface area contributed by atoms with Crippen molar-refractivity contribution in [1.82, 2.24) is 4.90 Å². The standard InChI is InChI=1S/C21H24BrFN2O2/c1-4-25(3)14-24-20-10-19(23)18(9-15(20)2)21(12-26-13-21)27-11-16-5-7-17(22)8-6-16/h5-10,14H,4,11-13H2,1-3H3. The maximum Gasteiger partial charge on any atom is 0.143 e. The highest BCUT2D eigenvalue weighted by molar-refractivity contribution is 9.10. The fourth-order valence-corrected chi connectivity index (χ4v) is 3.07. The van der Waals surface area contributed by atoms with E-state index in [1.807, 2.05) is 56.1 Å². The third-order valence-corrected chi connectivity index (χ3v) is 5.30. The van der Waals surface area contributed by atoms with E-state index in [1.165, 1.54) is 6.07 Å². The molecule has 0 radical (unpaired) electrons. The number of hydrogen-bond donors (Lipinski definition) is 0. The second kappa shape index (κ2) is 8.50. The summed E-state index contributed by atoms with van der Waals surface area (Å²) in [7, 11) is 1.93. The van der Waals surface area contributed by atoms with Crippen LogP contribution in [0.1, 0.15) is 23.6 Å². The molecule has 2 aromatic carbocycles. The van der Waals surface area contributed by atoms with Gasteiger partial charge in [-0.05, 0) is 43.2 Å². The van der Waals surface area contributed by atoms with Crippen molar-refractivity contribution in [2.45, 2.75) is 26.1 Å². The molecule has 0 aliphatic carbocycles. The predicted octanol–water partition coefficient (Wildman–Crippen LogP) is 4.95. The lowest BCUT2D eigenvalue weighted by Crippen LogP contribution is -2.49. The van der Waals surface area contributed by atoms with Gasteiger partial charge in [-0.2, -0.15) is 0 Å². The van der Waals surface area contributed by atoms with Gasteiger partial charge in [0.1, 0.15) is 11.4 Å². The van der Waals surface area contributed by atoms with E-state index < -0.39 is 5.60 Å². The van der Waals surface area contributed by atoms with E-state index in [9.17, 15) is 4.39 Å². The van der Waals surface area contributed by atoms with Crippen molar-refractivity contribution in [3.63, 3.8) is 0 Å². The molecule has 0 aromatic heterocycles. The van der Waals surface area contributed by atoms with Crippen molar-refractivity contribution in [2.75, 3.05) is 26.8 Å². The van der Waals surface area contributed by atoms with Gasteiger partial charge in [0.15, 0.2) is 0 Å². The van der Waals surface area contributed by atoms with E-state index in [0.717, 1.165) is 22.1 Å². The Labute approximate surface area is 168 Å². The number of rotatable bonds is 7. The molecule has 0 amide bonds. The third-order valence-electron chi connectivity index (χ3n) is 4.77. The zero-order chi connectivity index (χ0) is 19.4. The lowest BCUT2D eigenvalue weighted by molar-refractivity contribution is -0.224. The summed E-state index contributed by atoms with van der Waals surface area (Å²) in [6.45, 7) is 5.90. The maximum atomic E-state index is 14.9. The highest BCUT2D eigenvalue weighted by atomic mass is 79.9. The minimum absolute atomic E-state index is 0.314. The number of nitrogens with zero attached hydrogens (tertiary/aromatic N) is 2. The molecule has 1 aliphatic heterocycles. The number of ether oxygens (including phenoxy) is 2. The van der Waals surface area contributed by atoms with Crippen LogP contribution in [-0.2, 0) is 21.7 Å². The molecule has 27 heavy (non-hydrogen) atoms. The van der Waals surface area contributed by atoms with E-state index in [0.29, 0.717) is 31.1 Å². The summed E-state index contributed by atoms with van der Waals surface area (Å²) in [6, 6.07) is 11.2. The molecule has 0 spiro atoms. The zero-order valence-electron chi connectivity index (χ0n) is 15.8. The molecular formula is C21H24BrFN2O2. The van der Waals surface area contributed by atoms with Crippen molar-refractivity contribution in [2.24, 2.45) is 4.99 Å². The van der Waals surface area contributed by atoms with Crippen LogP contribution in [0.2, 0.25) is 0 Å². The summed E-state index contributed by atoms with van der Waals surface area (Å²) in [5.74, 6) is -0.314. The Morgan fingerprint density at radius 3 is 2.59 bits per heavy atom. The molecular weight excluding hydrogens is 411 g/mol. The molecule has 2 aromatic rings.